The van der Waals surface area contributed by atoms with E-state index in [2.05, 4.69) is 51.5 Å². The lowest BCUT2D eigenvalue weighted by Gasteiger charge is -2.36. The van der Waals surface area contributed by atoms with Crippen molar-refractivity contribution in [3.8, 4) is 5.75 Å². The van der Waals surface area contributed by atoms with Gasteiger partial charge in [-0.3, -0.25) is 9.69 Å². The molecule has 1 saturated heterocycles. The third-order valence-corrected chi connectivity index (χ3v) is 4.76. The van der Waals surface area contributed by atoms with Crippen molar-refractivity contribution in [1.29, 1.82) is 0 Å². The smallest absolute Gasteiger partial charge is 0.217 e. The standard InChI is InChI=1S/C21H27N3O2/c1-17(25)22-15-18-6-8-19(9-7-18)16-23-10-12-24(13-11-23)20-4-3-5-21(14-20)26-2/h3-9,14H,10-13,15-16H2,1-2H3,(H,22,25). The lowest BCUT2D eigenvalue weighted by molar-refractivity contribution is -0.119. The Morgan fingerprint density at radius 2 is 1.73 bits per heavy atom. The maximum Gasteiger partial charge on any atom is 0.217 e. The Hall–Kier alpha value is -2.53. The van der Waals surface area contributed by atoms with Crippen LogP contribution in [0.1, 0.15) is 18.1 Å². The minimum absolute atomic E-state index is 0.00276. The summed E-state index contributed by atoms with van der Waals surface area (Å²) in [5.41, 5.74) is 3.67. The molecular formula is C21H27N3O2. The molecule has 0 bridgehead atoms. The quantitative estimate of drug-likeness (QED) is 0.867. The summed E-state index contributed by atoms with van der Waals surface area (Å²) in [5.74, 6) is 0.910. The highest BCUT2D eigenvalue weighted by atomic mass is 16.5. The van der Waals surface area contributed by atoms with E-state index in [4.69, 9.17) is 4.74 Å². The molecule has 2 aromatic rings. The molecule has 26 heavy (non-hydrogen) atoms. The molecule has 0 aromatic heterocycles. The number of amides is 1. The maximum atomic E-state index is 11.0. The highest BCUT2D eigenvalue weighted by Crippen LogP contribution is 2.22. The Labute approximate surface area is 155 Å². The second-order valence-corrected chi connectivity index (χ2v) is 6.69. The number of piperazine rings is 1. The minimum Gasteiger partial charge on any atom is -0.497 e. The zero-order chi connectivity index (χ0) is 18.4. The zero-order valence-electron chi connectivity index (χ0n) is 15.6. The van der Waals surface area contributed by atoms with Crippen LogP contribution in [0.2, 0.25) is 0 Å². The number of benzene rings is 2. The van der Waals surface area contributed by atoms with Crippen LogP contribution in [0.5, 0.6) is 5.75 Å². The molecule has 5 nitrogen and oxygen atoms in total. The molecule has 0 aliphatic carbocycles. The number of nitrogens with one attached hydrogen (secondary N) is 1. The summed E-state index contributed by atoms with van der Waals surface area (Å²) in [4.78, 5) is 15.9. The first kappa shape index (κ1) is 18.3. The van der Waals surface area contributed by atoms with E-state index in [1.54, 1.807) is 14.0 Å². The molecular weight excluding hydrogens is 326 g/mol. The van der Waals surface area contributed by atoms with Gasteiger partial charge in [0.2, 0.25) is 5.91 Å². The summed E-state index contributed by atoms with van der Waals surface area (Å²) in [7, 11) is 1.71. The molecule has 1 amide bonds. The average molecular weight is 353 g/mol. The van der Waals surface area contributed by atoms with Gasteiger partial charge >= 0.3 is 0 Å². The summed E-state index contributed by atoms with van der Waals surface area (Å²) < 4.78 is 5.33. The first-order chi connectivity index (χ1) is 12.6. The second kappa shape index (κ2) is 8.72. The Bertz CT molecular complexity index is 722. The number of carbonyl (C=O) groups is 1. The van der Waals surface area contributed by atoms with Crippen LogP contribution in [-0.2, 0) is 17.9 Å². The molecule has 0 atom stereocenters. The Kier molecular flexibility index (Phi) is 6.12. The second-order valence-electron chi connectivity index (χ2n) is 6.69. The van der Waals surface area contributed by atoms with Crippen LogP contribution in [0.25, 0.3) is 0 Å². The van der Waals surface area contributed by atoms with Gasteiger partial charge in [-0.2, -0.15) is 0 Å². The van der Waals surface area contributed by atoms with Gasteiger partial charge in [0, 0.05) is 57.9 Å². The highest BCUT2D eigenvalue weighted by Gasteiger charge is 2.17. The lowest BCUT2D eigenvalue weighted by atomic mass is 10.1. The van der Waals surface area contributed by atoms with Crippen molar-refractivity contribution in [1.82, 2.24) is 10.2 Å². The SMILES string of the molecule is COc1cccc(N2CCN(Cc3ccc(CNC(C)=O)cc3)CC2)c1. The van der Waals surface area contributed by atoms with Crippen molar-refractivity contribution >= 4 is 11.6 Å². The molecule has 0 radical (unpaired) electrons. The summed E-state index contributed by atoms with van der Waals surface area (Å²) >= 11 is 0. The van der Waals surface area contributed by atoms with E-state index in [0.29, 0.717) is 6.54 Å². The van der Waals surface area contributed by atoms with Crippen LogP contribution < -0.4 is 15.0 Å². The highest BCUT2D eigenvalue weighted by molar-refractivity contribution is 5.72. The molecule has 5 heteroatoms. The molecule has 0 unspecified atom stereocenters. The number of methoxy groups -OCH3 is 1. The Morgan fingerprint density at radius 3 is 2.38 bits per heavy atom. The van der Waals surface area contributed by atoms with Crippen LogP contribution in [0.15, 0.2) is 48.5 Å². The monoisotopic (exact) mass is 353 g/mol. The van der Waals surface area contributed by atoms with Gasteiger partial charge in [-0.25, -0.2) is 0 Å². The van der Waals surface area contributed by atoms with Gasteiger partial charge in [0.1, 0.15) is 5.75 Å². The average Bonchev–Trinajstić information content (AvgIpc) is 2.68. The molecule has 0 saturated carbocycles. The first-order valence-electron chi connectivity index (χ1n) is 9.07. The van der Waals surface area contributed by atoms with Crippen molar-refractivity contribution in [2.45, 2.75) is 20.0 Å². The molecule has 3 rings (SSSR count). The molecule has 2 aromatic carbocycles. The number of ether oxygens (including phenoxy) is 1. The number of carbonyl (C=O) groups excluding carboxylic acids is 1. The summed E-state index contributed by atoms with van der Waals surface area (Å²) in [6.07, 6.45) is 0. The van der Waals surface area contributed by atoms with Crippen LogP contribution in [-0.4, -0.2) is 44.1 Å². The van der Waals surface area contributed by atoms with E-state index in [1.807, 2.05) is 12.1 Å². The third kappa shape index (κ3) is 4.99. The number of hydrogen-bond acceptors (Lipinski definition) is 4. The lowest BCUT2D eigenvalue weighted by Crippen LogP contribution is -2.45. The fourth-order valence-corrected chi connectivity index (χ4v) is 3.22. The number of nitrogens with zero attached hydrogens (tertiary/aromatic N) is 2. The number of anilines is 1. The van der Waals surface area contributed by atoms with Crippen LogP contribution in [0, 0.1) is 0 Å². The van der Waals surface area contributed by atoms with Gasteiger partial charge in [-0.15, -0.1) is 0 Å². The van der Waals surface area contributed by atoms with Crippen molar-refractivity contribution < 1.29 is 9.53 Å². The predicted octanol–water partition coefficient (Wildman–Crippen LogP) is 2.65. The number of rotatable bonds is 6. The fraction of sp³-hybridized carbons (Fsp3) is 0.381. The van der Waals surface area contributed by atoms with Gasteiger partial charge < -0.3 is 15.0 Å². The van der Waals surface area contributed by atoms with Crippen molar-refractivity contribution in [2.24, 2.45) is 0 Å². The Balaban J connectivity index is 1.50. The molecule has 0 spiro atoms. The fourth-order valence-electron chi connectivity index (χ4n) is 3.22. The normalized spacial score (nSPS) is 14.9. The summed E-state index contributed by atoms with van der Waals surface area (Å²) in [5, 5.41) is 2.83. The topological polar surface area (TPSA) is 44.8 Å². The molecule has 138 valence electrons. The van der Waals surface area contributed by atoms with Crippen LogP contribution >= 0.6 is 0 Å². The van der Waals surface area contributed by atoms with E-state index < -0.39 is 0 Å². The van der Waals surface area contributed by atoms with E-state index in [1.165, 1.54) is 11.3 Å². The molecule has 1 N–H and O–H groups in total. The molecule has 1 fully saturated rings. The van der Waals surface area contributed by atoms with E-state index >= 15 is 0 Å². The van der Waals surface area contributed by atoms with E-state index in [9.17, 15) is 4.79 Å². The zero-order valence-corrected chi connectivity index (χ0v) is 15.6. The Morgan fingerprint density at radius 1 is 1.04 bits per heavy atom. The summed E-state index contributed by atoms with van der Waals surface area (Å²) in [6.45, 7) is 7.23. The van der Waals surface area contributed by atoms with Gasteiger partial charge in [-0.1, -0.05) is 30.3 Å². The van der Waals surface area contributed by atoms with E-state index in [0.717, 1.165) is 44.0 Å². The van der Waals surface area contributed by atoms with Crippen molar-refractivity contribution in [3.05, 3.63) is 59.7 Å². The minimum atomic E-state index is 0.00276. The predicted molar refractivity (Wildman–Crippen MR) is 104 cm³/mol. The van der Waals surface area contributed by atoms with Crippen LogP contribution in [0.4, 0.5) is 5.69 Å². The van der Waals surface area contributed by atoms with Gasteiger partial charge in [0.05, 0.1) is 7.11 Å². The number of hydrogen-bond donors (Lipinski definition) is 1. The van der Waals surface area contributed by atoms with Crippen molar-refractivity contribution in [2.75, 3.05) is 38.2 Å². The molecule has 1 aliphatic rings. The van der Waals surface area contributed by atoms with Gasteiger partial charge in [0.15, 0.2) is 0 Å². The van der Waals surface area contributed by atoms with Gasteiger partial charge in [0.25, 0.3) is 0 Å². The largest absolute Gasteiger partial charge is 0.497 e. The maximum absolute atomic E-state index is 11.0. The van der Waals surface area contributed by atoms with Crippen LogP contribution in [0.3, 0.4) is 0 Å². The molecule has 1 heterocycles. The molecule has 1 aliphatic heterocycles. The van der Waals surface area contributed by atoms with Crippen molar-refractivity contribution in [3.63, 3.8) is 0 Å². The first-order valence-corrected chi connectivity index (χ1v) is 9.07. The van der Waals surface area contributed by atoms with E-state index in [-0.39, 0.29) is 5.91 Å². The van der Waals surface area contributed by atoms with Gasteiger partial charge in [-0.05, 0) is 23.3 Å². The third-order valence-electron chi connectivity index (χ3n) is 4.76. The summed E-state index contributed by atoms with van der Waals surface area (Å²) in [6, 6.07) is 16.8.